The molecule has 7 nitrogen and oxygen atoms in total. The normalized spacial score (nSPS) is 18.0. The molecule has 0 aromatic carbocycles. The fourth-order valence-electron chi connectivity index (χ4n) is 2.82. The van der Waals surface area contributed by atoms with Crippen LogP contribution in [0.3, 0.4) is 0 Å². The Hall–Kier alpha value is -1.63. The van der Waals surface area contributed by atoms with E-state index < -0.39 is 4.92 Å². The van der Waals surface area contributed by atoms with Crippen LogP contribution in [0.5, 0.6) is 5.88 Å². The van der Waals surface area contributed by atoms with Gasteiger partial charge in [-0.15, -0.1) is 0 Å². The molecule has 118 valence electrons. The second-order valence-electron chi connectivity index (χ2n) is 6.25. The molecule has 1 heterocycles. The van der Waals surface area contributed by atoms with Gasteiger partial charge in [0.05, 0.1) is 16.5 Å². The molecule has 0 spiro atoms. The number of ether oxygens (including phenoxy) is 1. The van der Waals surface area contributed by atoms with Gasteiger partial charge in [-0.05, 0) is 33.6 Å². The number of hydrogen-bond acceptors (Lipinski definition) is 5. The highest BCUT2D eigenvalue weighted by Gasteiger charge is 2.33. The third-order valence-electron chi connectivity index (χ3n) is 4.03. The van der Waals surface area contributed by atoms with Crippen molar-refractivity contribution in [3.8, 4) is 5.88 Å². The number of nitrogens with zero attached hydrogens (tertiary/aromatic N) is 3. The van der Waals surface area contributed by atoms with Crippen LogP contribution in [-0.2, 0) is 0 Å². The topological polar surface area (TPSA) is 96.2 Å². The maximum Gasteiger partial charge on any atom is 0.353 e. The van der Waals surface area contributed by atoms with E-state index in [4.69, 9.17) is 10.5 Å². The van der Waals surface area contributed by atoms with Crippen LogP contribution in [0, 0.1) is 17.0 Å². The predicted molar refractivity (Wildman–Crippen MR) is 79.5 cm³/mol. The van der Waals surface area contributed by atoms with Gasteiger partial charge in [0.2, 0.25) is 0 Å². The SMILES string of the molecule is Cc1nn(C(C)C)c(OCC2(N)CCCCC2)c1[N+](=O)[O-]. The Morgan fingerprint density at radius 1 is 1.43 bits per heavy atom. The highest BCUT2D eigenvalue weighted by atomic mass is 16.6. The molecule has 2 N–H and O–H groups in total. The lowest BCUT2D eigenvalue weighted by molar-refractivity contribution is -0.386. The maximum absolute atomic E-state index is 11.3. The summed E-state index contributed by atoms with van der Waals surface area (Å²) in [5, 5.41) is 15.5. The second kappa shape index (κ2) is 6.01. The lowest BCUT2D eigenvalue weighted by Gasteiger charge is -2.32. The van der Waals surface area contributed by atoms with Gasteiger partial charge in [-0.2, -0.15) is 5.10 Å². The summed E-state index contributed by atoms with van der Waals surface area (Å²) in [6, 6.07) is -0.00696. The van der Waals surface area contributed by atoms with E-state index >= 15 is 0 Å². The van der Waals surface area contributed by atoms with E-state index in [2.05, 4.69) is 5.10 Å². The first-order chi connectivity index (χ1) is 9.84. The Labute approximate surface area is 124 Å². The van der Waals surface area contributed by atoms with Gasteiger partial charge in [0, 0.05) is 0 Å². The average molecular weight is 296 g/mol. The molecule has 0 saturated heterocycles. The van der Waals surface area contributed by atoms with Gasteiger partial charge in [-0.3, -0.25) is 10.1 Å². The molecule has 1 fully saturated rings. The van der Waals surface area contributed by atoms with E-state index in [9.17, 15) is 10.1 Å². The molecule has 1 saturated carbocycles. The van der Waals surface area contributed by atoms with Crippen LogP contribution in [0.15, 0.2) is 0 Å². The number of hydrogen-bond donors (Lipinski definition) is 1. The fraction of sp³-hybridized carbons (Fsp3) is 0.786. The Morgan fingerprint density at radius 2 is 2.05 bits per heavy atom. The van der Waals surface area contributed by atoms with Crippen molar-refractivity contribution in [1.82, 2.24) is 9.78 Å². The Kier molecular flexibility index (Phi) is 4.51. The van der Waals surface area contributed by atoms with Crippen molar-refractivity contribution in [3.05, 3.63) is 15.8 Å². The standard InChI is InChI=1S/C14H24N4O3/c1-10(2)17-13(12(18(19)20)11(3)16-17)21-9-14(15)7-5-4-6-8-14/h10H,4-9,15H2,1-3H3. The van der Waals surface area contributed by atoms with Crippen molar-refractivity contribution in [2.75, 3.05) is 6.61 Å². The van der Waals surface area contributed by atoms with E-state index in [0.29, 0.717) is 12.3 Å². The smallest absolute Gasteiger partial charge is 0.353 e. The highest BCUT2D eigenvalue weighted by molar-refractivity contribution is 5.46. The number of rotatable bonds is 5. The van der Waals surface area contributed by atoms with Gasteiger partial charge in [-0.1, -0.05) is 19.3 Å². The molecule has 1 aromatic rings. The molecule has 2 rings (SSSR count). The zero-order chi connectivity index (χ0) is 15.6. The van der Waals surface area contributed by atoms with E-state index in [-0.39, 0.29) is 23.1 Å². The molecule has 21 heavy (non-hydrogen) atoms. The van der Waals surface area contributed by atoms with Gasteiger partial charge < -0.3 is 10.5 Å². The molecule has 0 amide bonds. The minimum Gasteiger partial charge on any atom is -0.471 e. The van der Waals surface area contributed by atoms with Crippen LogP contribution >= 0.6 is 0 Å². The molecule has 0 radical (unpaired) electrons. The highest BCUT2D eigenvalue weighted by Crippen LogP contribution is 2.34. The van der Waals surface area contributed by atoms with Gasteiger partial charge in [-0.25, -0.2) is 4.68 Å². The Balaban J connectivity index is 2.23. The third-order valence-corrected chi connectivity index (χ3v) is 4.03. The van der Waals surface area contributed by atoms with E-state index in [1.165, 1.54) is 6.42 Å². The van der Waals surface area contributed by atoms with Crippen molar-refractivity contribution in [1.29, 1.82) is 0 Å². The molecule has 0 bridgehead atoms. The average Bonchev–Trinajstić information content (AvgIpc) is 2.74. The van der Waals surface area contributed by atoms with Crippen molar-refractivity contribution in [3.63, 3.8) is 0 Å². The second-order valence-corrected chi connectivity index (χ2v) is 6.25. The molecule has 1 aliphatic carbocycles. The van der Waals surface area contributed by atoms with Gasteiger partial charge in [0.15, 0.2) is 0 Å². The maximum atomic E-state index is 11.3. The first kappa shape index (κ1) is 15.8. The van der Waals surface area contributed by atoms with Gasteiger partial charge in [0.1, 0.15) is 12.3 Å². The van der Waals surface area contributed by atoms with Crippen molar-refractivity contribution in [2.24, 2.45) is 5.73 Å². The Bertz CT molecular complexity index is 519. The third kappa shape index (κ3) is 3.34. The summed E-state index contributed by atoms with van der Waals surface area (Å²) in [6.07, 6.45) is 5.17. The largest absolute Gasteiger partial charge is 0.471 e. The molecule has 0 aliphatic heterocycles. The Morgan fingerprint density at radius 3 is 2.57 bits per heavy atom. The first-order valence-corrected chi connectivity index (χ1v) is 7.49. The van der Waals surface area contributed by atoms with Gasteiger partial charge in [0.25, 0.3) is 5.88 Å². The van der Waals surface area contributed by atoms with Crippen LogP contribution in [0.1, 0.15) is 57.7 Å². The predicted octanol–water partition coefficient (Wildman–Crippen LogP) is 2.72. The lowest BCUT2D eigenvalue weighted by atomic mass is 9.83. The summed E-state index contributed by atoms with van der Waals surface area (Å²) in [5.41, 5.74) is 6.28. The minimum absolute atomic E-state index is 0.00696. The molecule has 7 heteroatoms. The molecule has 0 atom stereocenters. The summed E-state index contributed by atoms with van der Waals surface area (Å²) in [7, 11) is 0. The number of nitro groups is 1. The summed E-state index contributed by atoms with van der Waals surface area (Å²) >= 11 is 0. The lowest BCUT2D eigenvalue weighted by Crippen LogP contribution is -2.47. The molecule has 0 unspecified atom stereocenters. The monoisotopic (exact) mass is 296 g/mol. The fourth-order valence-corrected chi connectivity index (χ4v) is 2.82. The van der Waals surface area contributed by atoms with Crippen LogP contribution in [0.2, 0.25) is 0 Å². The van der Waals surface area contributed by atoms with Crippen molar-refractivity contribution < 1.29 is 9.66 Å². The van der Waals surface area contributed by atoms with Crippen molar-refractivity contribution >= 4 is 5.69 Å². The quantitative estimate of drug-likeness (QED) is 0.665. The van der Waals surface area contributed by atoms with E-state index in [1.54, 1.807) is 11.6 Å². The number of nitrogens with two attached hydrogens (primary N) is 1. The molecular formula is C14H24N4O3. The summed E-state index contributed by atoms with van der Waals surface area (Å²) in [6.45, 7) is 5.76. The molecule has 1 aliphatic rings. The number of aryl methyl sites for hydroxylation is 1. The summed E-state index contributed by atoms with van der Waals surface area (Å²) in [4.78, 5) is 10.8. The summed E-state index contributed by atoms with van der Waals surface area (Å²) in [5.74, 6) is 0.225. The zero-order valence-corrected chi connectivity index (χ0v) is 13.0. The van der Waals surface area contributed by atoms with Gasteiger partial charge >= 0.3 is 5.69 Å². The number of aromatic nitrogens is 2. The van der Waals surface area contributed by atoms with Crippen LogP contribution in [0.4, 0.5) is 5.69 Å². The molecule has 1 aromatic heterocycles. The molecular weight excluding hydrogens is 272 g/mol. The first-order valence-electron chi connectivity index (χ1n) is 7.49. The minimum atomic E-state index is -0.430. The van der Waals surface area contributed by atoms with Crippen LogP contribution in [0.25, 0.3) is 0 Å². The zero-order valence-electron chi connectivity index (χ0n) is 13.0. The van der Waals surface area contributed by atoms with E-state index in [0.717, 1.165) is 25.7 Å². The van der Waals surface area contributed by atoms with Crippen LogP contribution in [-0.4, -0.2) is 26.8 Å². The van der Waals surface area contributed by atoms with E-state index in [1.807, 2.05) is 13.8 Å². The van der Waals surface area contributed by atoms with Crippen molar-refractivity contribution in [2.45, 2.75) is 64.5 Å². The van der Waals surface area contributed by atoms with Crippen LogP contribution < -0.4 is 10.5 Å². The summed E-state index contributed by atoms with van der Waals surface area (Å²) < 4.78 is 7.36.